The van der Waals surface area contributed by atoms with Crippen molar-refractivity contribution in [3.05, 3.63) is 29.8 Å². The Morgan fingerprint density at radius 1 is 1.11 bits per heavy atom. The number of benzene rings is 1. The maximum atomic E-state index is 6.24. The van der Waals surface area contributed by atoms with Crippen LogP contribution in [0.5, 0.6) is 0 Å². The molecule has 0 amide bonds. The number of hydrogen-bond donors (Lipinski definition) is 1. The molecule has 2 fully saturated rings. The van der Waals surface area contributed by atoms with Gasteiger partial charge in [0.1, 0.15) is 0 Å². The van der Waals surface area contributed by atoms with Crippen LogP contribution in [-0.2, 0) is 0 Å². The highest BCUT2D eigenvalue weighted by Crippen LogP contribution is 2.38. The molecule has 1 saturated carbocycles. The Kier molecular flexibility index (Phi) is 3.29. The first-order valence-corrected chi connectivity index (χ1v) is 7.28. The molecular weight excluding hydrogens is 220 g/mol. The first-order valence-electron chi connectivity index (χ1n) is 7.28. The summed E-state index contributed by atoms with van der Waals surface area (Å²) in [7, 11) is 0. The summed E-state index contributed by atoms with van der Waals surface area (Å²) in [4.78, 5) is 2.49. The van der Waals surface area contributed by atoms with Crippen LogP contribution in [-0.4, -0.2) is 19.1 Å². The van der Waals surface area contributed by atoms with Gasteiger partial charge in [-0.3, -0.25) is 0 Å². The lowest BCUT2D eigenvalue weighted by Gasteiger charge is -2.38. The molecule has 1 aliphatic heterocycles. The van der Waals surface area contributed by atoms with E-state index in [-0.39, 0.29) is 0 Å². The average molecular weight is 244 g/mol. The SMILES string of the molecule is Cc1ccc(N2CC(N)CC(CC3CC3)C2)cc1. The Hall–Kier alpha value is -1.02. The number of piperidine rings is 1. The fraction of sp³-hybridized carbons (Fsp3) is 0.625. The highest BCUT2D eigenvalue weighted by Gasteiger charge is 2.31. The van der Waals surface area contributed by atoms with E-state index >= 15 is 0 Å². The molecule has 0 spiro atoms. The second kappa shape index (κ2) is 4.93. The average Bonchev–Trinajstić information content (AvgIpc) is 3.13. The summed E-state index contributed by atoms with van der Waals surface area (Å²) < 4.78 is 0. The molecule has 1 aromatic carbocycles. The lowest BCUT2D eigenvalue weighted by molar-refractivity contribution is 0.344. The first kappa shape index (κ1) is 12.0. The molecule has 3 rings (SSSR count). The zero-order valence-electron chi connectivity index (χ0n) is 11.3. The predicted octanol–water partition coefficient (Wildman–Crippen LogP) is 2.95. The second-order valence-corrected chi connectivity index (χ2v) is 6.28. The topological polar surface area (TPSA) is 29.3 Å². The summed E-state index contributed by atoms with van der Waals surface area (Å²) in [6.07, 6.45) is 5.53. The molecule has 2 N–H and O–H groups in total. The van der Waals surface area contributed by atoms with E-state index in [0.29, 0.717) is 6.04 Å². The third-order valence-corrected chi connectivity index (χ3v) is 4.33. The molecule has 1 aliphatic carbocycles. The molecule has 2 atom stereocenters. The van der Waals surface area contributed by atoms with Crippen molar-refractivity contribution >= 4 is 5.69 Å². The van der Waals surface area contributed by atoms with Gasteiger partial charge in [0.05, 0.1) is 0 Å². The maximum Gasteiger partial charge on any atom is 0.0367 e. The fourth-order valence-electron chi connectivity index (χ4n) is 3.21. The molecule has 1 saturated heterocycles. The summed E-state index contributed by atoms with van der Waals surface area (Å²) in [5, 5.41) is 0. The summed E-state index contributed by atoms with van der Waals surface area (Å²) in [6.45, 7) is 4.36. The highest BCUT2D eigenvalue weighted by atomic mass is 15.2. The second-order valence-electron chi connectivity index (χ2n) is 6.28. The highest BCUT2D eigenvalue weighted by molar-refractivity contribution is 5.48. The van der Waals surface area contributed by atoms with E-state index in [2.05, 4.69) is 36.1 Å². The van der Waals surface area contributed by atoms with Crippen molar-refractivity contribution in [3.63, 3.8) is 0 Å². The van der Waals surface area contributed by atoms with E-state index in [0.717, 1.165) is 18.4 Å². The van der Waals surface area contributed by atoms with E-state index < -0.39 is 0 Å². The standard InChI is InChI=1S/C16H24N2/c1-12-2-6-16(7-3-12)18-10-14(8-13-4-5-13)9-15(17)11-18/h2-3,6-7,13-15H,4-5,8-11,17H2,1H3. The summed E-state index contributed by atoms with van der Waals surface area (Å²) >= 11 is 0. The number of rotatable bonds is 3. The minimum Gasteiger partial charge on any atom is -0.370 e. The summed E-state index contributed by atoms with van der Waals surface area (Å²) in [6, 6.07) is 9.23. The Bertz CT molecular complexity index is 392. The van der Waals surface area contributed by atoms with Gasteiger partial charge in [-0.1, -0.05) is 30.5 Å². The Morgan fingerprint density at radius 3 is 2.50 bits per heavy atom. The van der Waals surface area contributed by atoms with Gasteiger partial charge in [0, 0.05) is 24.8 Å². The molecule has 1 heterocycles. The van der Waals surface area contributed by atoms with Gasteiger partial charge in [0.2, 0.25) is 0 Å². The number of nitrogens with two attached hydrogens (primary N) is 1. The van der Waals surface area contributed by atoms with Crippen molar-refractivity contribution in [1.82, 2.24) is 0 Å². The van der Waals surface area contributed by atoms with Crippen LogP contribution in [0.1, 0.15) is 31.2 Å². The zero-order valence-corrected chi connectivity index (χ0v) is 11.3. The summed E-state index contributed by atoms with van der Waals surface area (Å²) in [5.74, 6) is 1.82. The molecule has 0 bridgehead atoms. The van der Waals surface area contributed by atoms with Crippen LogP contribution in [0.4, 0.5) is 5.69 Å². The molecule has 18 heavy (non-hydrogen) atoms. The number of anilines is 1. The zero-order chi connectivity index (χ0) is 12.5. The van der Waals surface area contributed by atoms with Gasteiger partial charge in [-0.15, -0.1) is 0 Å². The van der Waals surface area contributed by atoms with E-state index in [1.165, 1.54) is 43.5 Å². The van der Waals surface area contributed by atoms with E-state index in [4.69, 9.17) is 5.73 Å². The van der Waals surface area contributed by atoms with Gasteiger partial charge in [0.15, 0.2) is 0 Å². The van der Waals surface area contributed by atoms with Crippen molar-refractivity contribution in [2.45, 2.75) is 38.6 Å². The lowest BCUT2D eigenvalue weighted by atomic mass is 9.90. The molecule has 2 aliphatic rings. The Labute approximate surface area is 110 Å². The lowest BCUT2D eigenvalue weighted by Crippen LogP contribution is -2.47. The van der Waals surface area contributed by atoms with Crippen LogP contribution in [0.2, 0.25) is 0 Å². The minimum absolute atomic E-state index is 0.351. The Balaban J connectivity index is 1.68. The Morgan fingerprint density at radius 2 is 1.83 bits per heavy atom. The van der Waals surface area contributed by atoms with Crippen molar-refractivity contribution in [1.29, 1.82) is 0 Å². The maximum absolute atomic E-state index is 6.24. The van der Waals surface area contributed by atoms with Crippen LogP contribution in [0.25, 0.3) is 0 Å². The van der Waals surface area contributed by atoms with Crippen LogP contribution in [0.15, 0.2) is 24.3 Å². The third kappa shape index (κ3) is 2.86. The number of aryl methyl sites for hydroxylation is 1. The minimum atomic E-state index is 0.351. The molecule has 2 nitrogen and oxygen atoms in total. The van der Waals surface area contributed by atoms with Crippen molar-refractivity contribution in [2.75, 3.05) is 18.0 Å². The quantitative estimate of drug-likeness (QED) is 0.885. The van der Waals surface area contributed by atoms with Crippen LogP contribution >= 0.6 is 0 Å². The molecule has 2 heteroatoms. The van der Waals surface area contributed by atoms with Gasteiger partial charge < -0.3 is 10.6 Å². The van der Waals surface area contributed by atoms with Gasteiger partial charge >= 0.3 is 0 Å². The molecule has 0 aromatic heterocycles. The van der Waals surface area contributed by atoms with Crippen LogP contribution in [0.3, 0.4) is 0 Å². The molecule has 0 radical (unpaired) electrons. The van der Waals surface area contributed by atoms with E-state index in [9.17, 15) is 0 Å². The van der Waals surface area contributed by atoms with Gasteiger partial charge in [0.25, 0.3) is 0 Å². The smallest absolute Gasteiger partial charge is 0.0367 e. The summed E-state index contributed by atoms with van der Waals surface area (Å²) in [5.41, 5.74) is 8.91. The third-order valence-electron chi connectivity index (χ3n) is 4.33. The van der Waals surface area contributed by atoms with Gasteiger partial charge in [-0.2, -0.15) is 0 Å². The van der Waals surface area contributed by atoms with Crippen LogP contribution in [0, 0.1) is 18.8 Å². The predicted molar refractivity (Wildman–Crippen MR) is 76.8 cm³/mol. The van der Waals surface area contributed by atoms with Crippen molar-refractivity contribution in [2.24, 2.45) is 17.6 Å². The van der Waals surface area contributed by atoms with E-state index in [1.807, 2.05) is 0 Å². The van der Waals surface area contributed by atoms with E-state index in [1.54, 1.807) is 0 Å². The number of nitrogens with zero attached hydrogens (tertiary/aromatic N) is 1. The van der Waals surface area contributed by atoms with Crippen LogP contribution < -0.4 is 10.6 Å². The molecular formula is C16H24N2. The van der Waals surface area contributed by atoms with Crippen molar-refractivity contribution < 1.29 is 0 Å². The fourth-order valence-corrected chi connectivity index (χ4v) is 3.21. The number of hydrogen-bond acceptors (Lipinski definition) is 2. The molecule has 98 valence electrons. The first-order chi connectivity index (χ1) is 8.70. The van der Waals surface area contributed by atoms with Crippen molar-refractivity contribution in [3.8, 4) is 0 Å². The largest absolute Gasteiger partial charge is 0.370 e. The normalized spacial score (nSPS) is 28.4. The van der Waals surface area contributed by atoms with Gasteiger partial charge in [-0.25, -0.2) is 0 Å². The monoisotopic (exact) mass is 244 g/mol. The van der Waals surface area contributed by atoms with Gasteiger partial charge in [-0.05, 0) is 43.7 Å². The molecule has 2 unspecified atom stereocenters. The molecule has 1 aromatic rings.